The quantitative estimate of drug-likeness (QED) is 0.610. The average molecular weight is 160 g/mol. The van der Waals surface area contributed by atoms with Gasteiger partial charge in [0, 0.05) is 6.04 Å². The van der Waals surface area contributed by atoms with Crippen molar-refractivity contribution in [3.05, 3.63) is 0 Å². The molecule has 0 aromatic carbocycles. The van der Waals surface area contributed by atoms with Crippen molar-refractivity contribution in [1.29, 1.82) is 0 Å². The van der Waals surface area contributed by atoms with Crippen LogP contribution in [0.4, 0.5) is 0 Å². The van der Waals surface area contributed by atoms with Crippen molar-refractivity contribution in [3.8, 4) is 0 Å². The van der Waals surface area contributed by atoms with E-state index in [2.05, 4.69) is 30.8 Å². The van der Waals surface area contributed by atoms with Gasteiger partial charge in [0.05, 0.1) is 6.10 Å². The molecule has 0 aromatic rings. The molecule has 0 rings (SSSR count). The molecular weight excluding hydrogens is 140 g/mol. The van der Waals surface area contributed by atoms with Gasteiger partial charge in [-0.2, -0.15) is 0 Å². The third-order valence-corrected chi connectivity index (χ3v) is 2.10. The van der Waals surface area contributed by atoms with Gasteiger partial charge < -0.3 is 9.74 Å². The minimum Gasteiger partial charge on any atom is -0.307 e. The third-order valence-electron chi connectivity index (χ3n) is 2.10. The number of nitrogens with two attached hydrogens (primary N) is 1. The fourth-order valence-electron chi connectivity index (χ4n) is 0.802. The zero-order valence-corrected chi connectivity index (χ0v) is 8.00. The molecule has 11 heavy (non-hydrogen) atoms. The molecular formula is C8H20N2O. The molecule has 0 bridgehead atoms. The lowest BCUT2D eigenvalue weighted by Crippen LogP contribution is -2.26. The highest BCUT2D eigenvalue weighted by Gasteiger charge is 2.06. The predicted molar refractivity (Wildman–Crippen MR) is 47.1 cm³/mol. The summed E-state index contributed by atoms with van der Waals surface area (Å²) in [6.45, 7) is 4.19. The SMILES string of the molecule is CC(CCC(C)N(C)C)ON. The topological polar surface area (TPSA) is 38.5 Å². The van der Waals surface area contributed by atoms with Crippen LogP contribution in [0.5, 0.6) is 0 Å². The Morgan fingerprint density at radius 2 is 1.82 bits per heavy atom. The van der Waals surface area contributed by atoms with Crippen molar-refractivity contribution in [2.75, 3.05) is 14.1 Å². The van der Waals surface area contributed by atoms with E-state index in [0.717, 1.165) is 12.8 Å². The second-order valence-corrected chi connectivity index (χ2v) is 3.34. The van der Waals surface area contributed by atoms with E-state index in [9.17, 15) is 0 Å². The predicted octanol–water partition coefficient (Wildman–Crippen LogP) is 0.995. The summed E-state index contributed by atoms with van der Waals surface area (Å²) in [4.78, 5) is 6.86. The molecule has 68 valence electrons. The van der Waals surface area contributed by atoms with Crippen LogP contribution >= 0.6 is 0 Å². The van der Waals surface area contributed by atoms with Crippen LogP contribution in [0.15, 0.2) is 0 Å². The lowest BCUT2D eigenvalue weighted by Gasteiger charge is -2.20. The highest BCUT2D eigenvalue weighted by molar-refractivity contribution is 4.61. The van der Waals surface area contributed by atoms with Crippen molar-refractivity contribution in [2.24, 2.45) is 5.90 Å². The van der Waals surface area contributed by atoms with Crippen LogP contribution in [0.1, 0.15) is 26.7 Å². The highest BCUT2D eigenvalue weighted by atomic mass is 16.6. The zero-order valence-electron chi connectivity index (χ0n) is 8.00. The Hall–Kier alpha value is -0.120. The van der Waals surface area contributed by atoms with Gasteiger partial charge in [-0.15, -0.1) is 0 Å². The van der Waals surface area contributed by atoms with Gasteiger partial charge in [0.25, 0.3) is 0 Å². The first kappa shape index (κ1) is 10.9. The molecule has 3 heteroatoms. The van der Waals surface area contributed by atoms with Crippen LogP contribution in [0, 0.1) is 0 Å². The maximum absolute atomic E-state index is 5.02. The molecule has 0 saturated heterocycles. The molecule has 2 unspecified atom stereocenters. The van der Waals surface area contributed by atoms with Gasteiger partial charge >= 0.3 is 0 Å². The van der Waals surface area contributed by atoms with E-state index >= 15 is 0 Å². The van der Waals surface area contributed by atoms with Crippen LogP contribution in [-0.4, -0.2) is 31.1 Å². The zero-order chi connectivity index (χ0) is 8.85. The van der Waals surface area contributed by atoms with Crippen LogP contribution < -0.4 is 5.90 Å². The standard InChI is InChI=1S/C8H20N2O/c1-7(10(3)4)5-6-8(2)11-9/h7-8H,5-6,9H2,1-4H3. The van der Waals surface area contributed by atoms with Gasteiger partial charge in [0.1, 0.15) is 0 Å². The van der Waals surface area contributed by atoms with Gasteiger partial charge in [-0.3, -0.25) is 0 Å². The molecule has 0 aliphatic heterocycles. The third kappa shape index (κ3) is 5.18. The van der Waals surface area contributed by atoms with Crippen molar-refractivity contribution < 1.29 is 4.84 Å². The maximum atomic E-state index is 5.02. The molecule has 3 nitrogen and oxygen atoms in total. The van der Waals surface area contributed by atoms with Crippen molar-refractivity contribution >= 4 is 0 Å². The van der Waals surface area contributed by atoms with E-state index in [4.69, 9.17) is 5.90 Å². The smallest absolute Gasteiger partial charge is 0.0759 e. The molecule has 2 atom stereocenters. The Bertz CT molecular complexity index is 96.1. The fourth-order valence-corrected chi connectivity index (χ4v) is 0.802. The van der Waals surface area contributed by atoms with E-state index in [1.165, 1.54) is 0 Å². The summed E-state index contributed by atoms with van der Waals surface area (Å²) in [6, 6.07) is 0.604. The summed E-state index contributed by atoms with van der Waals surface area (Å²) in [5.74, 6) is 5.02. The normalized spacial score (nSPS) is 16.9. The van der Waals surface area contributed by atoms with Crippen molar-refractivity contribution in [1.82, 2.24) is 4.90 Å². The lowest BCUT2D eigenvalue weighted by atomic mass is 10.1. The van der Waals surface area contributed by atoms with Crippen LogP contribution in [0.25, 0.3) is 0 Å². The van der Waals surface area contributed by atoms with Crippen LogP contribution in [0.2, 0.25) is 0 Å². The number of hydrogen-bond acceptors (Lipinski definition) is 3. The summed E-state index contributed by atoms with van der Waals surface area (Å²) in [5, 5.41) is 0. The minimum atomic E-state index is 0.178. The van der Waals surface area contributed by atoms with Crippen molar-refractivity contribution in [2.45, 2.75) is 38.8 Å². The molecule has 0 radical (unpaired) electrons. The first-order chi connectivity index (χ1) is 5.07. The van der Waals surface area contributed by atoms with E-state index in [-0.39, 0.29) is 6.10 Å². The first-order valence-electron chi connectivity index (χ1n) is 4.10. The van der Waals surface area contributed by atoms with Gasteiger partial charge in [0.2, 0.25) is 0 Å². The Morgan fingerprint density at radius 3 is 2.18 bits per heavy atom. The lowest BCUT2D eigenvalue weighted by molar-refractivity contribution is 0.0548. The summed E-state index contributed by atoms with van der Waals surface area (Å²) in [6.07, 6.45) is 2.33. The van der Waals surface area contributed by atoms with Gasteiger partial charge in [0.15, 0.2) is 0 Å². The number of hydrogen-bond donors (Lipinski definition) is 1. The largest absolute Gasteiger partial charge is 0.307 e. The number of rotatable bonds is 5. The maximum Gasteiger partial charge on any atom is 0.0759 e. The molecule has 0 amide bonds. The Morgan fingerprint density at radius 1 is 1.27 bits per heavy atom. The summed E-state index contributed by atoms with van der Waals surface area (Å²) < 4.78 is 0. The Kier molecular flexibility index (Phi) is 5.46. The summed E-state index contributed by atoms with van der Waals surface area (Å²) in [5.41, 5.74) is 0. The van der Waals surface area contributed by atoms with E-state index in [1.807, 2.05) is 6.92 Å². The second kappa shape index (κ2) is 5.52. The average Bonchev–Trinajstić information content (AvgIpc) is 1.99. The van der Waals surface area contributed by atoms with E-state index in [1.54, 1.807) is 0 Å². The highest BCUT2D eigenvalue weighted by Crippen LogP contribution is 2.05. The summed E-state index contributed by atoms with van der Waals surface area (Å²) in [7, 11) is 4.16. The van der Waals surface area contributed by atoms with Gasteiger partial charge in [-0.05, 0) is 40.8 Å². The molecule has 0 aliphatic carbocycles. The van der Waals surface area contributed by atoms with Gasteiger partial charge in [-0.1, -0.05) is 0 Å². The molecule has 0 spiro atoms. The first-order valence-corrected chi connectivity index (χ1v) is 4.10. The van der Waals surface area contributed by atoms with Crippen LogP contribution in [-0.2, 0) is 4.84 Å². The van der Waals surface area contributed by atoms with Crippen LogP contribution in [0.3, 0.4) is 0 Å². The molecule has 0 aromatic heterocycles. The molecule has 0 aliphatic rings. The molecule has 0 heterocycles. The van der Waals surface area contributed by atoms with E-state index in [0.29, 0.717) is 6.04 Å². The molecule has 2 N–H and O–H groups in total. The Labute approximate surface area is 69.5 Å². The molecule has 0 fully saturated rings. The monoisotopic (exact) mass is 160 g/mol. The second-order valence-electron chi connectivity index (χ2n) is 3.34. The summed E-state index contributed by atoms with van der Waals surface area (Å²) >= 11 is 0. The van der Waals surface area contributed by atoms with Crippen molar-refractivity contribution in [3.63, 3.8) is 0 Å². The fraction of sp³-hybridized carbons (Fsp3) is 1.00. The Balaban J connectivity index is 3.37. The van der Waals surface area contributed by atoms with Gasteiger partial charge in [-0.25, -0.2) is 5.90 Å². The number of nitrogens with zero attached hydrogens (tertiary/aromatic N) is 1. The molecule has 0 saturated carbocycles. The minimum absolute atomic E-state index is 0.178. The van der Waals surface area contributed by atoms with E-state index < -0.39 is 0 Å².